The normalized spacial score (nSPS) is 14.8. The number of anilines is 2. The van der Waals surface area contributed by atoms with Gasteiger partial charge in [-0.3, -0.25) is 14.5 Å². The third-order valence-corrected chi connectivity index (χ3v) is 5.61. The van der Waals surface area contributed by atoms with E-state index < -0.39 is 23.4 Å². The van der Waals surface area contributed by atoms with Gasteiger partial charge in [0, 0.05) is 24.4 Å². The van der Waals surface area contributed by atoms with Gasteiger partial charge in [0.15, 0.2) is 5.13 Å². The molecule has 156 valence electrons. The van der Waals surface area contributed by atoms with Crippen LogP contribution < -0.4 is 10.2 Å². The summed E-state index contributed by atoms with van der Waals surface area (Å²) in [6.07, 6.45) is 6.36. The maximum atomic E-state index is 14.2. The van der Waals surface area contributed by atoms with Gasteiger partial charge in [0.1, 0.15) is 23.3 Å². The molecule has 1 fully saturated rings. The lowest BCUT2D eigenvalue weighted by atomic mass is 9.95. The number of aromatic nitrogens is 1. The zero-order valence-electron chi connectivity index (χ0n) is 16.3. The standard InChI is InChI=1S/C21H20F2N4O2S/c1-13(28)27(19-8-7-15(22)10-18(19)23)21-26-17(12-30-21)9-14(11-24)20(29)25-16-5-3-2-4-6-16/h7-10,12,16H,2-6H2,1H3,(H,25,29)/b14-9+. The van der Waals surface area contributed by atoms with E-state index in [0.29, 0.717) is 11.8 Å². The van der Waals surface area contributed by atoms with Crippen molar-refractivity contribution in [3.8, 4) is 6.07 Å². The Bertz CT molecular complexity index is 1020. The summed E-state index contributed by atoms with van der Waals surface area (Å²) in [6, 6.07) is 4.82. The molecule has 1 N–H and O–H groups in total. The Kier molecular flexibility index (Phi) is 6.90. The van der Waals surface area contributed by atoms with Crippen molar-refractivity contribution >= 4 is 40.0 Å². The minimum atomic E-state index is -0.901. The molecule has 3 rings (SSSR count). The molecule has 6 nitrogen and oxygen atoms in total. The molecule has 0 radical (unpaired) electrons. The van der Waals surface area contributed by atoms with Gasteiger partial charge in [0.2, 0.25) is 5.91 Å². The highest BCUT2D eigenvalue weighted by atomic mass is 32.1. The van der Waals surface area contributed by atoms with Crippen LogP contribution in [0.3, 0.4) is 0 Å². The van der Waals surface area contributed by atoms with Crippen LogP contribution in [0.2, 0.25) is 0 Å². The minimum Gasteiger partial charge on any atom is -0.349 e. The number of nitrogens with zero attached hydrogens (tertiary/aromatic N) is 3. The van der Waals surface area contributed by atoms with Crippen LogP contribution in [0.4, 0.5) is 19.6 Å². The first-order chi connectivity index (χ1) is 14.4. The van der Waals surface area contributed by atoms with E-state index in [0.717, 1.165) is 60.5 Å². The molecule has 2 aromatic rings. The van der Waals surface area contributed by atoms with Crippen LogP contribution in [-0.4, -0.2) is 22.8 Å². The molecule has 0 atom stereocenters. The van der Waals surface area contributed by atoms with E-state index in [-0.39, 0.29) is 22.4 Å². The molecule has 1 aliphatic carbocycles. The van der Waals surface area contributed by atoms with Gasteiger partial charge in [-0.1, -0.05) is 19.3 Å². The van der Waals surface area contributed by atoms with E-state index in [4.69, 9.17) is 0 Å². The highest BCUT2D eigenvalue weighted by molar-refractivity contribution is 7.14. The van der Waals surface area contributed by atoms with Crippen molar-refractivity contribution in [2.24, 2.45) is 0 Å². The molecule has 1 aromatic heterocycles. The molecule has 1 saturated carbocycles. The van der Waals surface area contributed by atoms with Crippen LogP contribution in [0.5, 0.6) is 0 Å². The molecule has 1 aliphatic rings. The highest BCUT2D eigenvalue weighted by Gasteiger charge is 2.22. The third kappa shape index (κ3) is 5.07. The quantitative estimate of drug-likeness (QED) is 0.560. The summed E-state index contributed by atoms with van der Waals surface area (Å²) in [4.78, 5) is 29.8. The van der Waals surface area contributed by atoms with Crippen molar-refractivity contribution in [3.05, 3.63) is 46.5 Å². The Hall–Kier alpha value is -3.12. The summed E-state index contributed by atoms with van der Waals surface area (Å²) in [7, 11) is 0. The van der Waals surface area contributed by atoms with Gasteiger partial charge in [-0.15, -0.1) is 11.3 Å². The highest BCUT2D eigenvalue weighted by Crippen LogP contribution is 2.31. The minimum absolute atomic E-state index is 0.0589. The van der Waals surface area contributed by atoms with Gasteiger partial charge in [-0.2, -0.15) is 5.26 Å². The van der Waals surface area contributed by atoms with Crippen LogP contribution >= 0.6 is 11.3 Å². The van der Waals surface area contributed by atoms with Crippen LogP contribution in [0.25, 0.3) is 6.08 Å². The number of halogens is 2. The van der Waals surface area contributed by atoms with E-state index in [2.05, 4.69) is 10.3 Å². The largest absolute Gasteiger partial charge is 0.349 e. The zero-order valence-corrected chi connectivity index (χ0v) is 17.1. The smallest absolute Gasteiger partial charge is 0.262 e. The van der Waals surface area contributed by atoms with Crippen molar-refractivity contribution in [3.63, 3.8) is 0 Å². The summed E-state index contributed by atoms with van der Waals surface area (Å²) in [5.41, 5.74) is 0.0585. The first kappa shape index (κ1) is 21.6. The Morgan fingerprint density at radius 1 is 1.30 bits per heavy atom. The number of carbonyl (C=O) groups excluding carboxylic acids is 2. The van der Waals surface area contributed by atoms with Crippen molar-refractivity contribution in [2.75, 3.05) is 4.90 Å². The second kappa shape index (κ2) is 9.59. The van der Waals surface area contributed by atoms with Gasteiger partial charge in [-0.25, -0.2) is 13.8 Å². The van der Waals surface area contributed by atoms with Crippen molar-refractivity contribution in [1.29, 1.82) is 5.26 Å². The molecule has 0 aliphatic heterocycles. The molecule has 30 heavy (non-hydrogen) atoms. The molecule has 0 saturated heterocycles. The first-order valence-corrected chi connectivity index (χ1v) is 10.4. The lowest BCUT2D eigenvalue weighted by molar-refractivity contribution is -0.118. The first-order valence-electron chi connectivity index (χ1n) is 9.53. The van der Waals surface area contributed by atoms with Crippen molar-refractivity contribution in [1.82, 2.24) is 10.3 Å². The lowest BCUT2D eigenvalue weighted by Gasteiger charge is -2.22. The number of carbonyl (C=O) groups is 2. The third-order valence-electron chi connectivity index (χ3n) is 4.76. The number of rotatable bonds is 5. The average molecular weight is 430 g/mol. The molecule has 0 bridgehead atoms. The Morgan fingerprint density at radius 2 is 2.03 bits per heavy atom. The van der Waals surface area contributed by atoms with Gasteiger partial charge < -0.3 is 5.32 Å². The number of nitrogens with one attached hydrogen (secondary N) is 1. The maximum absolute atomic E-state index is 14.2. The summed E-state index contributed by atoms with van der Waals surface area (Å²) in [6.45, 7) is 1.23. The Labute approximate surface area is 176 Å². The second-order valence-corrected chi connectivity index (χ2v) is 7.82. The number of hydrogen-bond acceptors (Lipinski definition) is 5. The molecule has 0 unspecified atom stereocenters. The summed E-state index contributed by atoms with van der Waals surface area (Å²) in [5, 5.41) is 13.9. The van der Waals surface area contributed by atoms with E-state index >= 15 is 0 Å². The van der Waals surface area contributed by atoms with E-state index in [1.54, 1.807) is 5.38 Å². The van der Waals surface area contributed by atoms with Crippen LogP contribution in [0.1, 0.15) is 44.7 Å². The Balaban J connectivity index is 1.83. The predicted molar refractivity (Wildman–Crippen MR) is 110 cm³/mol. The number of nitriles is 1. The topological polar surface area (TPSA) is 86.1 Å². The van der Waals surface area contributed by atoms with Gasteiger partial charge in [0.05, 0.1) is 11.4 Å². The molecule has 1 aromatic carbocycles. The van der Waals surface area contributed by atoms with E-state index in [1.165, 1.54) is 13.0 Å². The van der Waals surface area contributed by atoms with Gasteiger partial charge in [0.25, 0.3) is 5.91 Å². The monoisotopic (exact) mass is 430 g/mol. The van der Waals surface area contributed by atoms with Crippen molar-refractivity contribution in [2.45, 2.75) is 45.1 Å². The fourth-order valence-electron chi connectivity index (χ4n) is 3.32. The maximum Gasteiger partial charge on any atom is 0.262 e. The molecule has 2 amide bonds. The fraction of sp³-hybridized carbons (Fsp3) is 0.333. The van der Waals surface area contributed by atoms with Crippen molar-refractivity contribution < 1.29 is 18.4 Å². The molecule has 0 spiro atoms. The van der Waals surface area contributed by atoms with Gasteiger partial charge in [-0.05, 0) is 31.1 Å². The number of thiazole rings is 1. The van der Waals surface area contributed by atoms with E-state index in [9.17, 15) is 23.6 Å². The van der Waals surface area contributed by atoms with Crippen LogP contribution in [0.15, 0.2) is 29.2 Å². The molecule has 9 heteroatoms. The van der Waals surface area contributed by atoms with E-state index in [1.807, 2.05) is 6.07 Å². The lowest BCUT2D eigenvalue weighted by Crippen LogP contribution is -2.36. The fourth-order valence-corrected chi connectivity index (χ4v) is 4.16. The van der Waals surface area contributed by atoms with Gasteiger partial charge >= 0.3 is 0 Å². The average Bonchev–Trinajstić information content (AvgIpc) is 3.16. The molecule has 1 heterocycles. The predicted octanol–water partition coefficient (Wildman–Crippen LogP) is 4.46. The molecular formula is C21H20F2N4O2S. The summed E-state index contributed by atoms with van der Waals surface area (Å²) < 4.78 is 27.4. The second-order valence-electron chi connectivity index (χ2n) is 6.98. The number of benzene rings is 1. The van der Waals surface area contributed by atoms with Crippen LogP contribution in [-0.2, 0) is 9.59 Å². The Morgan fingerprint density at radius 3 is 2.67 bits per heavy atom. The summed E-state index contributed by atoms with van der Waals surface area (Å²) in [5.74, 6) is -2.64. The zero-order chi connectivity index (χ0) is 21.7. The number of amides is 2. The molecular weight excluding hydrogens is 410 g/mol. The van der Waals surface area contributed by atoms with Crippen LogP contribution in [0, 0.1) is 23.0 Å². The summed E-state index contributed by atoms with van der Waals surface area (Å²) >= 11 is 1.04. The SMILES string of the molecule is CC(=O)N(c1nc(/C=C(\C#N)C(=O)NC2CCCCC2)cs1)c1ccc(F)cc1F. The number of hydrogen-bond donors (Lipinski definition) is 1.